The Labute approximate surface area is 157 Å². The Hall–Kier alpha value is -2.50. The third kappa shape index (κ3) is 3.54. The normalized spacial score (nSPS) is 15.1. The standard InChI is InChI=1S/C20H19ClN4O/c21-16-7-4-14(5-8-16)17-13-22-12-15-6-9-18(23-19(15)17)20(26)24-25-10-2-1-3-11-25/h4-9,12-13H,1-3,10-11H2,(H,24,26). The summed E-state index contributed by atoms with van der Waals surface area (Å²) in [5, 5.41) is 3.55. The van der Waals surface area contributed by atoms with E-state index >= 15 is 0 Å². The average molecular weight is 367 g/mol. The minimum atomic E-state index is -0.173. The number of hydrogen-bond acceptors (Lipinski definition) is 4. The molecule has 1 aliphatic heterocycles. The molecule has 0 bridgehead atoms. The number of hydrazine groups is 1. The molecular weight excluding hydrogens is 348 g/mol. The number of aromatic nitrogens is 2. The molecular formula is C20H19ClN4O. The molecule has 0 radical (unpaired) electrons. The molecule has 0 unspecified atom stereocenters. The van der Waals surface area contributed by atoms with Crippen LogP contribution in [-0.2, 0) is 0 Å². The molecule has 5 nitrogen and oxygen atoms in total. The van der Waals surface area contributed by atoms with Crippen molar-refractivity contribution in [2.75, 3.05) is 13.1 Å². The molecule has 26 heavy (non-hydrogen) atoms. The maximum Gasteiger partial charge on any atom is 0.284 e. The van der Waals surface area contributed by atoms with Crippen LogP contribution < -0.4 is 5.43 Å². The fourth-order valence-electron chi connectivity index (χ4n) is 3.22. The molecule has 0 spiro atoms. The highest BCUT2D eigenvalue weighted by atomic mass is 35.5. The first-order chi connectivity index (χ1) is 12.7. The van der Waals surface area contributed by atoms with Gasteiger partial charge in [0.05, 0.1) is 5.52 Å². The molecule has 0 saturated carbocycles. The number of fused-ring (bicyclic) bond motifs is 1. The second-order valence-corrected chi connectivity index (χ2v) is 6.89. The monoisotopic (exact) mass is 366 g/mol. The van der Waals surface area contributed by atoms with Gasteiger partial charge < -0.3 is 0 Å². The molecule has 1 amide bonds. The largest absolute Gasteiger partial charge is 0.284 e. The highest BCUT2D eigenvalue weighted by molar-refractivity contribution is 6.30. The molecule has 0 aliphatic carbocycles. The Morgan fingerprint density at radius 3 is 2.54 bits per heavy atom. The van der Waals surface area contributed by atoms with Crippen molar-refractivity contribution < 1.29 is 4.79 Å². The lowest BCUT2D eigenvalue weighted by Crippen LogP contribution is -2.45. The second-order valence-electron chi connectivity index (χ2n) is 6.45. The molecule has 1 aromatic carbocycles. The maximum absolute atomic E-state index is 12.6. The van der Waals surface area contributed by atoms with Crippen molar-refractivity contribution in [2.45, 2.75) is 19.3 Å². The van der Waals surface area contributed by atoms with Crippen molar-refractivity contribution >= 4 is 28.4 Å². The number of hydrogen-bond donors (Lipinski definition) is 1. The smallest absolute Gasteiger partial charge is 0.283 e. The van der Waals surface area contributed by atoms with E-state index in [0.29, 0.717) is 10.7 Å². The Morgan fingerprint density at radius 1 is 1.00 bits per heavy atom. The molecule has 4 rings (SSSR count). The van der Waals surface area contributed by atoms with Gasteiger partial charge >= 0.3 is 0 Å². The summed E-state index contributed by atoms with van der Waals surface area (Å²) in [6.07, 6.45) is 6.96. The van der Waals surface area contributed by atoms with Gasteiger partial charge in [-0.05, 0) is 42.7 Å². The van der Waals surface area contributed by atoms with E-state index < -0.39 is 0 Å². The Bertz CT molecular complexity index is 936. The van der Waals surface area contributed by atoms with Gasteiger partial charge in [0.2, 0.25) is 0 Å². The summed E-state index contributed by atoms with van der Waals surface area (Å²) in [6.45, 7) is 1.78. The van der Waals surface area contributed by atoms with Gasteiger partial charge in [-0.15, -0.1) is 0 Å². The second kappa shape index (κ2) is 7.40. The number of pyridine rings is 2. The molecule has 2 aromatic heterocycles. The van der Waals surface area contributed by atoms with Crippen molar-refractivity contribution in [1.29, 1.82) is 0 Å². The molecule has 3 aromatic rings. The molecule has 1 N–H and O–H groups in total. The zero-order valence-electron chi connectivity index (χ0n) is 14.3. The van der Waals surface area contributed by atoms with Crippen molar-refractivity contribution in [2.24, 2.45) is 0 Å². The number of carbonyl (C=O) groups is 1. The van der Waals surface area contributed by atoms with Crippen LogP contribution in [0.1, 0.15) is 29.8 Å². The van der Waals surface area contributed by atoms with Crippen LogP contribution in [0.4, 0.5) is 0 Å². The van der Waals surface area contributed by atoms with Gasteiger partial charge in [-0.3, -0.25) is 15.2 Å². The van der Waals surface area contributed by atoms with Gasteiger partial charge in [-0.25, -0.2) is 9.99 Å². The number of piperidine rings is 1. The van der Waals surface area contributed by atoms with Crippen LogP contribution in [0.15, 0.2) is 48.8 Å². The molecule has 0 atom stereocenters. The van der Waals surface area contributed by atoms with Crippen LogP contribution in [0.5, 0.6) is 0 Å². The summed E-state index contributed by atoms with van der Waals surface area (Å²) in [6, 6.07) is 11.2. The summed E-state index contributed by atoms with van der Waals surface area (Å²) in [5.74, 6) is -0.173. The van der Waals surface area contributed by atoms with E-state index in [1.165, 1.54) is 6.42 Å². The topological polar surface area (TPSA) is 58.1 Å². The van der Waals surface area contributed by atoms with Crippen molar-refractivity contribution in [3.8, 4) is 11.1 Å². The predicted octanol–water partition coefficient (Wildman–Crippen LogP) is 4.08. The first kappa shape index (κ1) is 16.9. The lowest BCUT2D eigenvalue weighted by Gasteiger charge is -2.26. The predicted molar refractivity (Wildman–Crippen MR) is 103 cm³/mol. The Kier molecular flexibility index (Phi) is 4.82. The van der Waals surface area contributed by atoms with Gasteiger partial charge in [-0.2, -0.15) is 0 Å². The first-order valence-corrected chi connectivity index (χ1v) is 9.15. The van der Waals surface area contributed by atoms with E-state index in [1.807, 2.05) is 35.3 Å². The first-order valence-electron chi connectivity index (χ1n) is 8.77. The Morgan fingerprint density at radius 2 is 1.77 bits per heavy atom. The van der Waals surface area contributed by atoms with Crippen molar-refractivity contribution in [1.82, 2.24) is 20.4 Å². The summed E-state index contributed by atoms with van der Waals surface area (Å²) < 4.78 is 0. The molecule has 1 fully saturated rings. The van der Waals surface area contributed by atoms with Gasteiger partial charge in [0.1, 0.15) is 5.69 Å². The van der Waals surface area contributed by atoms with E-state index in [4.69, 9.17) is 11.6 Å². The molecule has 132 valence electrons. The van der Waals surface area contributed by atoms with Crippen LogP contribution in [-0.4, -0.2) is 34.0 Å². The highest BCUT2D eigenvalue weighted by Crippen LogP contribution is 2.27. The van der Waals surface area contributed by atoms with E-state index in [1.54, 1.807) is 18.5 Å². The third-order valence-electron chi connectivity index (χ3n) is 4.60. The Balaban J connectivity index is 1.68. The number of halogens is 1. The molecule has 1 aliphatic rings. The fraction of sp³-hybridized carbons (Fsp3) is 0.250. The van der Waals surface area contributed by atoms with E-state index in [9.17, 15) is 4.79 Å². The zero-order valence-corrected chi connectivity index (χ0v) is 15.0. The average Bonchev–Trinajstić information content (AvgIpc) is 2.68. The molecule has 6 heteroatoms. The van der Waals surface area contributed by atoms with E-state index in [0.717, 1.165) is 48.0 Å². The highest BCUT2D eigenvalue weighted by Gasteiger charge is 2.16. The number of carbonyl (C=O) groups excluding carboxylic acids is 1. The number of nitrogens with one attached hydrogen (secondary N) is 1. The zero-order chi connectivity index (χ0) is 17.9. The molecule has 1 saturated heterocycles. The van der Waals surface area contributed by atoms with Crippen LogP contribution in [0, 0.1) is 0 Å². The summed E-state index contributed by atoms with van der Waals surface area (Å²) in [5.41, 5.74) is 5.98. The van der Waals surface area contributed by atoms with E-state index in [2.05, 4.69) is 15.4 Å². The van der Waals surface area contributed by atoms with Gasteiger partial charge in [0.15, 0.2) is 0 Å². The third-order valence-corrected chi connectivity index (χ3v) is 4.85. The summed E-state index contributed by atoms with van der Waals surface area (Å²) >= 11 is 5.99. The van der Waals surface area contributed by atoms with Gasteiger partial charge in [0.25, 0.3) is 5.91 Å². The lowest BCUT2D eigenvalue weighted by molar-refractivity contribution is 0.0745. The van der Waals surface area contributed by atoms with E-state index in [-0.39, 0.29) is 5.91 Å². The lowest BCUT2D eigenvalue weighted by atomic mass is 10.0. The maximum atomic E-state index is 12.6. The van der Waals surface area contributed by atoms with Crippen LogP contribution in [0.3, 0.4) is 0 Å². The van der Waals surface area contributed by atoms with Crippen molar-refractivity contribution in [3.63, 3.8) is 0 Å². The number of benzene rings is 1. The number of amides is 1. The minimum Gasteiger partial charge on any atom is -0.283 e. The van der Waals surface area contributed by atoms with Crippen LogP contribution in [0.25, 0.3) is 22.0 Å². The quantitative estimate of drug-likeness (QED) is 0.758. The van der Waals surface area contributed by atoms with Crippen molar-refractivity contribution in [3.05, 3.63) is 59.5 Å². The summed E-state index contributed by atoms with van der Waals surface area (Å²) in [4.78, 5) is 21.5. The van der Waals surface area contributed by atoms with Gasteiger partial charge in [0, 0.05) is 41.5 Å². The number of rotatable bonds is 3. The number of nitrogens with zero attached hydrogens (tertiary/aromatic N) is 3. The fourth-order valence-corrected chi connectivity index (χ4v) is 3.34. The van der Waals surface area contributed by atoms with Crippen LogP contribution >= 0.6 is 11.6 Å². The van der Waals surface area contributed by atoms with Crippen LogP contribution in [0.2, 0.25) is 5.02 Å². The minimum absolute atomic E-state index is 0.173. The summed E-state index contributed by atoms with van der Waals surface area (Å²) in [7, 11) is 0. The molecule has 3 heterocycles. The SMILES string of the molecule is O=C(NN1CCCCC1)c1ccc2cncc(-c3ccc(Cl)cc3)c2n1. The van der Waals surface area contributed by atoms with Gasteiger partial charge in [-0.1, -0.05) is 30.2 Å².